The van der Waals surface area contributed by atoms with Gasteiger partial charge in [-0.1, -0.05) is 11.6 Å². The van der Waals surface area contributed by atoms with E-state index in [4.69, 9.17) is 11.6 Å². The lowest BCUT2D eigenvalue weighted by Gasteiger charge is -2.34. The molecule has 3 heterocycles. The number of aromatic amines is 1. The first-order valence-electron chi connectivity index (χ1n) is 7.25. The fourth-order valence-corrected chi connectivity index (χ4v) is 2.72. The Kier molecular flexibility index (Phi) is 4.17. The summed E-state index contributed by atoms with van der Waals surface area (Å²) < 4.78 is 2.00. The highest BCUT2D eigenvalue weighted by molar-refractivity contribution is 6.30. The van der Waals surface area contributed by atoms with Gasteiger partial charge in [0.05, 0.1) is 11.6 Å². The van der Waals surface area contributed by atoms with Crippen molar-refractivity contribution in [2.24, 2.45) is 7.05 Å². The molecule has 7 nitrogen and oxygen atoms in total. The zero-order valence-corrected chi connectivity index (χ0v) is 13.5. The molecule has 1 amide bonds. The minimum atomic E-state index is 0.000975. The summed E-state index contributed by atoms with van der Waals surface area (Å²) in [6.45, 7) is 5.75. The van der Waals surface area contributed by atoms with Gasteiger partial charge in [-0.05, 0) is 13.0 Å². The predicted octanol–water partition coefficient (Wildman–Crippen LogP) is 1.06. The molecule has 3 rings (SSSR count). The molecule has 118 valence electrons. The van der Waals surface area contributed by atoms with E-state index in [1.807, 2.05) is 23.4 Å². The number of nitrogens with one attached hydrogen (secondary N) is 1. The Bertz CT molecular complexity index is 671. The average Bonchev–Trinajstić information content (AvgIpc) is 3.08. The molecule has 0 spiro atoms. The summed E-state index contributed by atoms with van der Waals surface area (Å²) in [6, 6.07) is 1.67. The van der Waals surface area contributed by atoms with Crippen LogP contribution in [-0.2, 0) is 13.6 Å². The van der Waals surface area contributed by atoms with Gasteiger partial charge in [0, 0.05) is 39.4 Å². The Morgan fingerprint density at radius 3 is 2.59 bits per heavy atom. The van der Waals surface area contributed by atoms with Gasteiger partial charge in [0.15, 0.2) is 0 Å². The van der Waals surface area contributed by atoms with Crippen molar-refractivity contribution in [2.45, 2.75) is 13.5 Å². The van der Waals surface area contributed by atoms with Crippen LogP contribution >= 0.6 is 11.6 Å². The number of nitrogens with zero attached hydrogens (tertiary/aromatic N) is 5. The summed E-state index contributed by atoms with van der Waals surface area (Å²) in [5, 5.41) is 8.81. The Hall–Kier alpha value is -1.86. The summed E-state index contributed by atoms with van der Waals surface area (Å²) in [4.78, 5) is 19.4. The first-order valence-corrected chi connectivity index (χ1v) is 7.63. The highest BCUT2D eigenvalue weighted by atomic mass is 35.5. The summed E-state index contributed by atoms with van der Waals surface area (Å²) in [5.41, 5.74) is 0.544. The molecule has 0 saturated carbocycles. The van der Waals surface area contributed by atoms with Crippen molar-refractivity contribution in [3.05, 3.63) is 34.6 Å². The molecule has 1 N–H and O–H groups in total. The fraction of sp³-hybridized carbons (Fsp3) is 0.500. The van der Waals surface area contributed by atoms with Gasteiger partial charge in [0.25, 0.3) is 5.91 Å². The maximum absolute atomic E-state index is 12.3. The van der Waals surface area contributed by atoms with Crippen LogP contribution in [0, 0.1) is 6.92 Å². The van der Waals surface area contributed by atoms with Crippen LogP contribution in [0.25, 0.3) is 0 Å². The van der Waals surface area contributed by atoms with Crippen LogP contribution in [0.4, 0.5) is 0 Å². The zero-order chi connectivity index (χ0) is 15.7. The molecule has 0 unspecified atom stereocenters. The molecule has 1 fully saturated rings. The number of halogens is 1. The second-order valence-electron chi connectivity index (χ2n) is 5.52. The molecule has 1 saturated heterocycles. The standard InChI is InChI=1S/C14H19ClN6O/c1-10-17-18-13(19(10)2)9-20-3-5-21(6-4-20)14(22)12-7-11(15)8-16-12/h7-8,16H,3-6,9H2,1-2H3. The highest BCUT2D eigenvalue weighted by Crippen LogP contribution is 2.14. The Morgan fingerprint density at radius 2 is 2.05 bits per heavy atom. The Balaban J connectivity index is 1.56. The smallest absolute Gasteiger partial charge is 0.270 e. The van der Waals surface area contributed by atoms with Crippen LogP contribution in [0.15, 0.2) is 12.3 Å². The third-order valence-electron chi connectivity index (χ3n) is 4.09. The molecule has 1 aliphatic rings. The van der Waals surface area contributed by atoms with Crippen molar-refractivity contribution in [1.82, 2.24) is 29.5 Å². The van der Waals surface area contributed by atoms with Gasteiger partial charge >= 0.3 is 0 Å². The number of aryl methyl sites for hydroxylation is 1. The Morgan fingerprint density at radius 1 is 1.32 bits per heavy atom. The maximum Gasteiger partial charge on any atom is 0.270 e. The van der Waals surface area contributed by atoms with E-state index in [0.29, 0.717) is 23.8 Å². The lowest BCUT2D eigenvalue weighted by atomic mass is 10.2. The minimum Gasteiger partial charge on any atom is -0.356 e. The molecule has 0 atom stereocenters. The van der Waals surface area contributed by atoms with Crippen LogP contribution in [0.5, 0.6) is 0 Å². The van der Waals surface area contributed by atoms with Crippen LogP contribution in [-0.4, -0.2) is 61.6 Å². The van der Waals surface area contributed by atoms with Crippen molar-refractivity contribution >= 4 is 17.5 Å². The Labute approximate surface area is 133 Å². The van der Waals surface area contributed by atoms with E-state index in [-0.39, 0.29) is 5.91 Å². The van der Waals surface area contributed by atoms with E-state index >= 15 is 0 Å². The van der Waals surface area contributed by atoms with E-state index in [1.165, 1.54) is 0 Å². The average molecular weight is 323 g/mol. The summed E-state index contributed by atoms with van der Waals surface area (Å²) in [5.74, 6) is 1.86. The van der Waals surface area contributed by atoms with E-state index in [1.54, 1.807) is 12.3 Å². The lowest BCUT2D eigenvalue weighted by molar-refractivity contribution is 0.0619. The van der Waals surface area contributed by atoms with Crippen LogP contribution < -0.4 is 0 Å². The summed E-state index contributed by atoms with van der Waals surface area (Å²) >= 11 is 5.85. The van der Waals surface area contributed by atoms with Crippen LogP contribution in [0.1, 0.15) is 22.1 Å². The monoisotopic (exact) mass is 322 g/mol. The van der Waals surface area contributed by atoms with Gasteiger partial charge < -0.3 is 14.5 Å². The van der Waals surface area contributed by atoms with Gasteiger partial charge in [0.1, 0.15) is 17.3 Å². The van der Waals surface area contributed by atoms with Crippen molar-refractivity contribution in [3.8, 4) is 0 Å². The largest absolute Gasteiger partial charge is 0.356 e. The van der Waals surface area contributed by atoms with Gasteiger partial charge in [-0.2, -0.15) is 0 Å². The second-order valence-corrected chi connectivity index (χ2v) is 5.96. The number of piperazine rings is 1. The molecule has 2 aromatic rings. The van der Waals surface area contributed by atoms with Gasteiger partial charge in [-0.3, -0.25) is 9.69 Å². The van der Waals surface area contributed by atoms with Crippen LogP contribution in [0.2, 0.25) is 5.02 Å². The number of amides is 1. The summed E-state index contributed by atoms with van der Waals surface area (Å²) in [7, 11) is 1.97. The van der Waals surface area contributed by atoms with Crippen molar-refractivity contribution < 1.29 is 4.79 Å². The molecular formula is C14H19ClN6O. The molecule has 0 radical (unpaired) electrons. The molecule has 0 aliphatic carbocycles. The number of hydrogen-bond acceptors (Lipinski definition) is 4. The minimum absolute atomic E-state index is 0.000975. The van der Waals surface area contributed by atoms with Crippen molar-refractivity contribution in [3.63, 3.8) is 0 Å². The number of rotatable bonds is 3. The lowest BCUT2D eigenvalue weighted by Crippen LogP contribution is -2.48. The molecule has 22 heavy (non-hydrogen) atoms. The van der Waals surface area contributed by atoms with E-state index in [9.17, 15) is 4.79 Å². The summed E-state index contributed by atoms with van der Waals surface area (Å²) in [6.07, 6.45) is 1.63. The topological polar surface area (TPSA) is 70.1 Å². The number of H-pyrrole nitrogens is 1. The first-order chi connectivity index (χ1) is 10.5. The maximum atomic E-state index is 12.3. The normalized spacial score (nSPS) is 16.2. The SMILES string of the molecule is Cc1nnc(CN2CCN(C(=O)c3cc(Cl)c[nH]3)CC2)n1C. The molecule has 0 bridgehead atoms. The van der Waals surface area contributed by atoms with Gasteiger partial charge in [-0.25, -0.2) is 0 Å². The van der Waals surface area contributed by atoms with Crippen LogP contribution in [0.3, 0.4) is 0 Å². The number of hydrogen-bond donors (Lipinski definition) is 1. The number of aromatic nitrogens is 4. The fourth-order valence-electron chi connectivity index (χ4n) is 2.56. The van der Waals surface area contributed by atoms with E-state index in [2.05, 4.69) is 20.1 Å². The molecular weight excluding hydrogens is 304 g/mol. The molecule has 1 aliphatic heterocycles. The number of carbonyl (C=O) groups is 1. The molecule has 8 heteroatoms. The van der Waals surface area contributed by atoms with Gasteiger partial charge in [-0.15, -0.1) is 10.2 Å². The number of carbonyl (C=O) groups excluding carboxylic acids is 1. The van der Waals surface area contributed by atoms with E-state index in [0.717, 1.165) is 31.3 Å². The predicted molar refractivity (Wildman–Crippen MR) is 82.7 cm³/mol. The second kappa shape index (κ2) is 6.10. The van der Waals surface area contributed by atoms with Crippen molar-refractivity contribution in [2.75, 3.05) is 26.2 Å². The highest BCUT2D eigenvalue weighted by Gasteiger charge is 2.23. The van der Waals surface area contributed by atoms with E-state index < -0.39 is 0 Å². The third kappa shape index (κ3) is 3.00. The first kappa shape index (κ1) is 15.1. The molecule has 2 aromatic heterocycles. The van der Waals surface area contributed by atoms with Gasteiger partial charge in [0.2, 0.25) is 0 Å². The quantitative estimate of drug-likeness (QED) is 0.917. The molecule has 0 aromatic carbocycles. The zero-order valence-electron chi connectivity index (χ0n) is 12.7. The van der Waals surface area contributed by atoms with Crippen molar-refractivity contribution in [1.29, 1.82) is 0 Å². The third-order valence-corrected chi connectivity index (χ3v) is 4.30.